The molecule has 0 saturated carbocycles. The molecule has 2 aliphatic carbocycles. The minimum atomic E-state index is -3.08. The van der Waals surface area contributed by atoms with Crippen LogP contribution in [0.1, 0.15) is 25.0 Å². The lowest BCUT2D eigenvalue weighted by atomic mass is 9.82. The molecule has 0 spiro atoms. The van der Waals surface area contributed by atoms with Gasteiger partial charge in [-0.15, -0.1) is 0 Å². The van der Waals surface area contributed by atoms with Crippen LogP contribution in [0, 0.1) is 0 Å². The first-order chi connectivity index (χ1) is 21.8. The molecule has 0 radical (unpaired) electrons. The van der Waals surface area contributed by atoms with Gasteiger partial charge in [-0.2, -0.15) is 0 Å². The first-order valence-corrected chi connectivity index (χ1v) is 20.3. The molecule has 0 aromatic heterocycles. The molecule has 0 fully saturated rings. The zero-order valence-electron chi connectivity index (χ0n) is 24.9. The van der Waals surface area contributed by atoms with E-state index in [1.54, 1.807) is 11.8 Å². The van der Waals surface area contributed by atoms with Gasteiger partial charge in [-0.1, -0.05) is 122 Å². The minimum Gasteiger partial charge on any atom is -0.309 e. The molecule has 0 amide bonds. The van der Waals surface area contributed by atoms with Crippen molar-refractivity contribution in [3.63, 3.8) is 0 Å². The van der Waals surface area contributed by atoms with E-state index in [0.29, 0.717) is 0 Å². The Bertz CT molecular complexity index is 2350. The number of benzene rings is 5. The van der Waals surface area contributed by atoms with E-state index in [4.69, 9.17) is 6.30 Å². The van der Waals surface area contributed by atoms with Gasteiger partial charge in [0.1, 0.15) is 0 Å². The van der Waals surface area contributed by atoms with E-state index in [-0.39, 0.29) is 5.41 Å². The van der Waals surface area contributed by atoms with E-state index < -0.39 is 14.0 Å². The molecular weight excluding hydrogens is 623 g/mol. The summed E-state index contributed by atoms with van der Waals surface area (Å²) < 4.78 is 15.5. The summed E-state index contributed by atoms with van der Waals surface area (Å²) in [5.41, 5.74) is 11.1. The summed E-state index contributed by atoms with van der Waals surface area (Å²) in [7, 11) is -3.08. The molecule has 1 atom stereocenters. The van der Waals surface area contributed by atoms with Gasteiger partial charge in [0.15, 0.2) is 7.14 Å². The second kappa shape index (κ2) is 9.69. The molecule has 4 aliphatic rings. The average Bonchev–Trinajstić information content (AvgIpc) is 3.30. The van der Waals surface area contributed by atoms with Crippen molar-refractivity contribution in [1.29, 1.82) is 0 Å². The monoisotopic (exact) mass is 650 g/mol. The number of hydrogen-bond acceptors (Lipinski definition) is 3. The molecule has 5 heteroatoms. The standard InChI is InChI=1S/C40H28OP2S2/c1-40(2)30-24-26(42(3)32-12-4-8-16-36(32)44-37-17-9-5-13-33(37)42)20-22-28(30)29-23-21-27(25-31(29)40)43(41)34-14-6-10-18-38(34)45-39-19-11-7-15-35(39)43/h4,6-8,10-25H,3H2,1-2H3. The maximum absolute atomic E-state index is 15.5. The third kappa shape index (κ3) is 3.72. The summed E-state index contributed by atoms with van der Waals surface area (Å²) in [6.07, 6.45) is 9.22. The van der Waals surface area contributed by atoms with Crippen LogP contribution in [0.2, 0.25) is 0 Å². The average molecular weight is 651 g/mol. The first-order valence-electron chi connectivity index (χ1n) is 15.0. The lowest BCUT2D eigenvalue weighted by molar-refractivity contribution is 0.591. The maximum Gasteiger partial charge on any atom is 0.173 e. The SMILES string of the molecule is C=P1(c2ccc3c(c2)C(C)(C)c2cc(P4(=O)c5ccccc5Sc5ccccc54)ccc2-3)C2=C(C=C=C=C2)Sc2ccccc21. The van der Waals surface area contributed by atoms with Gasteiger partial charge in [0, 0.05) is 52.3 Å². The van der Waals surface area contributed by atoms with Crippen molar-refractivity contribution in [3.05, 3.63) is 154 Å². The maximum atomic E-state index is 15.5. The number of allylic oxidation sites excluding steroid dienone is 3. The molecule has 0 N–H and O–H groups in total. The molecule has 45 heavy (non-hydrogen) atoms. The van der Waals surface area contributed by atoms with Crippen molar-refractivity contribution in [2.75, 3.05) is 0 Å². The van der Waals surface area contributed by atoms with Gasteiger partial charge in [0.25, 0.3) is 0 Å². The van der Waals surface area contributed by atoms with Crippen LogP contribution in [-0.4, -0.2) is 6.30 Å². The van der Waals surface area contributed by atoms with Gasteiger partial charge in [0.05, 0.1) is 0 Å². The van der Waals surface area contributed by atoms with Crippen LogP contribution in [0.15, 0.2) is 158 Å². The second-order valence-electron chi connectivity index (χ2n) is 12.4. The van der Waals surface area contributed by atoms with Crippen molar-refractivity contribution in [1.82, 2.24) is 0 Å². The Morgan fingerprint density at radius 2 is 1.13 bits per heavy atom. The quantitative estimate of drug-likeness (QED) is 0.138. The minimum absolute atomic E-state index is 0.276. The Hall–Kier alpha value is -3.63. The van der Waals surface area contributed by atoms with Gasteiger partial charge in [-0.05, 0) is 88.3 Å². The van der Waals surface area contributed by atoms with E-state index >= 15 is 4.57 Å². The molecule has 1 nitrogen and oxygen atoms in total. The molecule has 216 valence electrons. The third-order valence-electron chi connectivity index (χ3n) is 9.73. The zero-order chi connectivity index (χ0) is 30.6. The molecule has 0 bridgehead atoms. The highest BCUT2D eigenvalue weighted by Gasteiger charge is 2.42. The van der Waals surface area contributed by atoms with Crippen LogP contribution < -0.4 is 26.5 Å². The highest BCUT2D eigenvalue weighted by molar-refractivity contribution is 8.06. The molecule has 1 unspecified atom stereocenters. The van der Waals surface area contributed by atoms with E-state index in [1.807, 2.05) is 36.0 Å². The topological polar surface area (TPSA) is 17.1 Å². The summed E-state index contributed by atoms with van der Waals surface area (Å²) in [6, 6.07) is 38.8. The van der Waals surface area contributed by atoms with Gasteiger partial charge >= 0.3 is 0 Å². The summed E-state index contributed by atoms with van der Waals surface area (Å²) >= 11 is 3.53. The van der Waals surface area contributed by atoms with E-state index in [9.17, 15) is 0 Å². The van der Waals surface area contributed by atoms with E-state index in [2.05, 4.69) is 122 Å². The highest BCUT2D eigenvalue weighted by atomic mass is 32.2. The molecular formula is C40H28OP2S2. The van der Waals surface area contributed by atoms with Gasteiger partial charge in [-0.25, -0.2) is 0 Å². The third-order valence-corrected chi connectivity index (χ3v) is 19.3. The predicted molar refractivity (Wildman–Crippen MR) is 196 cm³/mol. The van der Waals surface area contributed by atoms with Crippen LogP contribution in [0.4, 0.5) is 0 Å². The van der Waals surface area contributed by atoms with Crippen molar-refractivity contribution < 1.29 is 4.57 Å². The Morgan fingerprint density at radius 1 is 0.622 bits per heavy atom. The summed E-state index contributed by atoms with van der Waals surface area (Å²) in [6.45, 7) is 2.47. The summed E-state index contributed by atoms with van der Waals surface area (Å²) in [5, 5.41) is 6.65. The molecule has 5 aromatic rings. The molecule has 2 heterocycles. The molecule has 5 aromatic carbocycles. The Balaban J connectivity index is 1.22. The normalized spacial score (nSPS) is 20.5. The highest BCUT2D eigenvalue weighted by Crippen LogP contribution is 2.62. The molecule has 0 saturated heterocycles. The number of fused-ring (bicyclic) bond motifs is 6. The summed E-state index contributed by atoms with van der Waals surface area (Å²) in [5.74, 6) is 0. The fourth-order valence-corrected chi connectivity index (χ4v) is 17.2. The van der Waals surface area contributed by atoms with Crippen LogP contribution in [0.5, 0.6) is 0 Å². The fraction of sp³-hybridized carbons (Fsp3) is 0.0750. The van der Waals surface area contributed by atoms with Crippen molar-refractivity contribution in [3.8, 4) is 11.1 Å². The number of hydrogen-bond donors (Lipinski definition) is 0. The number of thioether (sulfide) groups is 1. The van der Waals surface area contributed by atoms with Gasteiger partial charge < -0.3 is 4.57 Å². The Kier molecular flexibility index (Phi) is 5.95. The van der Waals surface area contributed by atoms with Crippen LogP contribution in [0.3, 0.4) is 0 Å². The molecule has 2 aliphatic heterocycles. The van der Waals surface area contributed by atoms with E-state index in [0.717, 1.165) is 25.7 Å². The van der Waals surface area contributed by atoms with Crippen LogP contribution >= 0.6 is 37.6 Å². The van der Waals surface area contributed by atoms with Crippen molar-refractivity contribution in [2.45, 2.75) is 33.9 Å². The van der Waals surface area contributed by atoms with Crippen molar-refractivity contribution >= 4 is 70.4 Å². The number of rotatable bonds is 2. The Labute approximate surface area is 272 Å². The second-order valence-corrected chi connectivity index (χ2v) is 20.4. The predicted octanol–water partition coefficient (Wildman–Crippen LogP) is 8.69. The lowest BCUT2D eigenvalue weighted by Crippen LogP contribution is -2.31. The fourth-order valence-electron chi connectivity index (χ4n) is 7.41. The zero-order valence-corrected chi connectivity index (χ0v) is 28.3. The molecule has 9 rings (SSSR count). The van der Waals surface area contributed by atoms with Crippen molar-refractivity contribution in [2.24, 2.45) is 0 Å². The van der Waals surface area contributed by atoms with Crippen LogP contribution in [0.25, 0.3) is 11.1 Å². The van der Waals surface area contributed by atoms with E-state index in [1.165, 1.54) is 48.0 Å². The van der Waals surface area contributed by atoms with Crippen LogP contribution in [-0.2, 0) is 9.98 Å². The van der Waals surface area contributed by atoms with Gasteiger partial charge in [-0.3, -0.25) is 0 Å². The van der Waals surface area contributed by atoms with Gasteiger partial charge in [0.2, 0.25) is 0 Å². The first kappa shape index (κ1) is 27.7. The largest absolute Gasteiger partial charge is 0.309 e. The summed E-state index contributed by atoms with van der Waals surface area (Å²) in [4.78, 5) is 4.66. The smallest absolute Gasteiger partial charge is 0.173 e. The lowest BCUT2D eigenvalue weighted by Gasteiger charge is -2.35. The Morgan fingerprint density at radius 3 is 1.78 bits per heavy atom.